The first-order valence-corrected chi connectivity index (χ1v) is 6.99. The van der Waals surface area contributed by atoms with Crippen LogP contribution in [-0.2, 0) is 9.59 Å². The van der Waals surface area contributed by atoms with E-state index in [0.29, 0.717) is 25.8 Å². The quantitative estimate of drug-likeness (QED) is 0.291. The van der Waals surface area contributed by atoms with Crippen molar-refractivity contribution in [1.29, 1.82) is 0 Å². The summed E-state index contributed by atoms with van der Waals surface area (Å²) < 4.78 is 0. The fourth-order valence-electron chi connectivity index (χ4n) is 2.84. The number of likely N-dealkylation sites (tertiary alicyclic amines) is 1. The van der Waals surface area contributed by atoms with Crippen LogP contribution in [0.1, 0.15) is 39.5 Å². The minimum atomic E-state index is -1.04. The summed E-state index contributed by atoms with van der Waals surface area (Å²) in [6, 6.07) is -0.462. The Kier molecular flexibility index (Phi) is 5.35. The highest BCUT2D eigenvalue weighted by atomic mass is 16.4. The van der Waals surface area contributed by atoms with Crippen molar-refractivity contribution < 1.29 is 14.8 Å². The lowest BCUT2D eigenvalue weighted by atomic mass is 9.79. The van der Waals surface area contributed by atoms with Crippen molar-refractivity contribution in [3.05, 3.63) is 0 Å². The molecule has 20 heavy (non-hydrogen) atoms. The average molecular weight is 284 g/mol. The van der Waals surface area contributed by atoms with Crippen LogP contribution < -0.4 is 11.1 Å². The molecule has 1 heterocycles. The van der Waals surface area contributed by atoms with E-state index in [4.69, 9.17) is 10.9 Å². The molecule has 1 atom stereocenters. The molecule has 1 rings (SSSR count). The number of rotatable bonds is 5. The summed E-state index contributed by atoms with van der Waals surface area (Å²) in [5.74, 6) is -0.490. The lowest BCUT2D eigenvalue weighted by Crippen LogP contribution is -2.54. The monoisotopic (exact) mass is 284 g/mol. The first-order chi connectivity index (χ1) is 9.48. The summed E-state index contributed by atoms with van der Waals surface area (Å²) in [5.41, 5.74) is 4.71. The van der Waals surface area contributed by atoms with Crippen molar-refractivity contribution >= 4 is 17.6 Å². The maximum absolute atomic E-state index is 12.8. The van der Waals surface area contributed by atoms with Crippen LogP contribution in [0.15, 0.2) is 5.16 Å². The number of carbonyl (C=O) groups excluding carboxylic acids is 2. The number of oxime groups is 1. The van der Waals surface area contributed by atoms with E-state index < -0.39 is 11.5 Å². The zero-order valence-electron chi connectivity index (χ0n) is 12.3. The van der Waals surface area contributed by atoms with Gasteiger partial charge in [0.25, 0.3) is 0 Å². The first kappa shape index (κ1) is 16.3. The lowest BCUT2D eigenvalue weighted by molar-refractivity contribution is -0.144. The molecule has 0 bridgehead atoms. The SMILES string of the molecule is CCC(CC)(C(=O)N1CCCC1C(=O)NC)C(N)=NO. The van der Waals surface area contributed by atoms with E-state index in [0.717, 1.165) is 6.42 Å². The molecule has 0 aromatic heterocycles. The smallest absolute Gasteiger partial charge is 0.242 e. The number of nitrogens with zero attached hydrogens (tertiary/aromatic N) is 2. The van der Waals surface area contributed by atoms with E-state index in [1.807, 2.05) is 13.8 Å². The number of nitrogens with two attached hydrogens (primary N) is 1. The Morgan fingerprint density at radius 3 is 2.50 bits per heavy atom. The summed E-state index contributed by atoms with van der Waals surface area (Å²) >= 11 is 0. The third-order valence-corrected chi connectivity index (χ3v) is 4.28. The number of hydrogen-bond acceptors (Lipinski definition) is 4. The molecule has 1 unspecified atom stereocenters. The zero-order valence-corrected chi connectivity index (χ0v) is 12.3. The molecule has 1 aliphatic rings. The van der Waals surface area contributed by atoms with Gasteiger partial charge < -0.3 is 21.2 Å². The molecular weight excluding hydrogens is 260 g/mol. The molecule has 7 heteroatoms. The van der Waals surface area contributed by atoms with Crippen molar-refractivity contribution in [3.8, 4) is 0 Å². The van der Waals surface area contributed by atoms with E-state index in [1.54, 1.807) is 11.9 Å². The number of likely N-dealkylation sites (N-methyl/N-ethyl adjacent to an activating group) is 1. The number of carbonyl (C=O) groups is 2. The molecule has 7 nitrogen and oxygen atoms in total. The predicted molar refractivity (Wildman–Crippen MR) is 75.2 cm³/mol. The molecule has 4 N–H and O–H groups in total. The molecular formula is C13H24N4O3. The van der Waals surface area contributed by atoms with Crippen molar-refractivity contribution in [2.45, 2.75) is 45.6 Å². The van der Waals surface area contributed by atoms with Gasteiger partial charge in [-0.2, -0.15) is 0 Å². The first-order valence-electron chi connectivity index (χ1n) is 6.99. The van der Waals surface area contributed by atoms with Crippen LogP contribution in [0.4, 0.5) is 0 Å². The second-order valence-electron chi connectivity index (χ2n) is 5.05. The second-order valence-corrected chi connectivity index (χ2v) is 5.05. The van der Waals surface area contributed by atoms with Gasteiger partial charge in [0.15, 0.2) is 5.84 Å². The van der Waals surface area contributed by atoms with Gasteiger partial charge in [-0.3, -0.25) is 9.59 Å². The Balaban J connectivity index is 3.10. The van der Waals surface area contributed by atoms with Crippen molar-refractivity contribution in [3.63, 3.8) is 0 Å². The van der Waals surface area contributed by atoms with Gasteiger partial charge in [0.1, 0.15) is 11.5 Å². The minimum absolute atomic E-state index is 0.0879. The van der Waals surface area contributed by atoms with E-state index in [-0.39, 0.29) is 17.6 Å². The molecule has 0 aromatic rings. The molecule has 1 fully saturated rings. The molecule has 1 saturated heterocycles. The number of hydrogen-bond donors (Lipinski definition) is 3. The Morgan fingerprint density at radius 1 is 1.45 bits per heavy atom. The van der Waals surface area contributed by atoms with Gasteiger partial charge in [-0.15, -0.1) is 0 Å². The van der Waals surface area contributed by atoms with Gasteiger partial charge in [-0.1, -0.05) is 19.0 Å². The molecule has 0 saturated carbocycles. The Hall–Kier alpha value is -1.79. The number of amides is 2. The lowest BCUT2D eigenvalue weighted by Gasteiger charge is -2.35. The van der Waals surface area contributed by atoms with E-state index in [1.165, 1.54) is 0 Å². The molecule has 114 valence electrons. The maximum Gasteiger partial charge on any atom is 0.242 e. The Labute approximate surface area is 119 Å². The van der Waals surface area contributed by atoms with Crippen LogP contribution in [0, 0.1) is 5.41 Å². The maximum atomic E-state index is 12.8. The van der Waals surface area contributed by atoms with Crippen molar-refractivity contribution in [2.24, 2.45) is 16.3 Å². The van der Waals surface area contributed by atoms with Gasteiger partial charge in [0.2, 0.25) is 11.8 Å². The summed E-state index contributed by atoms with van der Waals surface area (Å²) in [4.78, 5) is 26.3. The third kappa shape index (κ3) is 2.57. The van der Waals surface area contributed by atoms with Crippen LogP contribution in [0.2, 0.25) is 0 Å². The highest BCUT2D eigenvalue weighted by molar-refractivity contribution is 6.07. The van der Waals surface area contributed by atoms with Crippen molar-refractivity contribution in [2.75, 3.05) is 13.6 Å². The van der Waals surface area contributed by atoms with Crippen LogP contribution in [0.5, 0.6) is 0 Å². The van der Waals surface area contributed by atoms with Gasteiger partial charge in [0.05, 0.1) is 0 Å². The fraction of sp³-hybridized carbons (Fsp3) is 0.769. The summed E-state index contributed by atoms with van der Waals surface area (Å²) in [6.07, 6.45) is 2.28. The highest BCUT2D eigenvalue weighted by Crippen LogP contribution is 2.32. The molecule has 0 aromatic carbocycles. The molecule has 1 aliphatic heterocycles. The van der Waals surface area contributed by atoms with Crippen LogP contribution in [0.25, 0.3) is 0 Å². The van der Waals surface area contributed by atoms with E-state index in [2.05, 4.69) is 10.5 Å². The summed E-state index contributed by atoms with van der Waals surface area (Å²) in [7, 11) is 1.56. The van der Waals surface area contributed by atoms with Gasteiger partial charge in [0, 0.05) is 13.6 Å². The van der Waals surface area contributed by atoms with Gasteiger partial charge in [-0.25, -0.2) is 0 Å². The Morgan fingerprint density at radius 2 is 2.05 bits per heavy atom. The Bertz CT molecular complexity index is 404. The topological polar surface area (TPSA) is 108 Å². The largest absolute Gasteiger partial charge is 0.409 e. The van der Waals surface area contributed by atoms with Crippen LogP contribution >= 0.6 is 0 Å². The molecule has 0 aliphatic carbocycles. The molecule has 2 amide bonds. The van der Waals surface area contributed by atoms with Gasteiger partial charge >= 0.3 is 0 Å². The summed E-state index contributed by atoms with van der Waals surface area (Å²) in [5, 5.41) is 14.6. The van der Waals surface area contributed by atoms with Crippen LogP contribution in [0.3, 0.4) is 0 Å². The van der Waals surface area contributed by atoms with Gasteiger partial charge in [-0.05, 0) is 25.7 Å². The molecule has 0 radical (unpaired) electrons. The molecule has 0 spiro atoms. The van der Waals surface area contributed by atoms with E-state index >= 15 is 0 Å². The highest BCUT2D eigenvalue weighted by Gasteiger charge is 2.46. The fourth-order valence-corrected chi connectivity index (χ4v) is 2.84. The number of amidine groups is 1. The second kappa shape index (κ2) is 6.58. The predicted octanol–water partition coefficient (Wildman–Crippen LogP) is 0.276. The standard InChI is InChI=1S/C13H24N4O3/c1-4-13(5-2,11(14)16-20)12(19)17-8-6-7-9(17)10(18)15-3/h9,20H,4-8H2,1-3H3,(H2,14,16)(H,15,18). The van der Waals surface area contributed by atoms with Crippen molar-refractivity contribution in [1.82, 2.24) is 10.2 Å². The normalized spacial score (nSPS) is 20.1. The number of nitrogens with one attached hydrogen (secondary N) is 1. The zero-order chi connectivity index (χ0) is 15.3. The van der Waals surface area contributed by atoms with Crippen LogP contribution in [-0.4, -0.2) is 47.4 Å². The minimum Gasteiger partial charge on any atom is -0.409 e. The average Bonchev–Trinajstić information content (AvgIpc) is 2.96. The third-order valence-electron chi connectivity index (χ3n) is 4.28. The van der Waals surface area contributed by atoms with E-state index in [9.17, 15) is 9.59 Å². The summed E-state index contributed by atoms with van der Waals surface area (Å²) in [6.45, 7) is 4.17.